The molecule has 1 aromatic carbocycles. The van der Waals surface area contributed by atoms with Gasteiger partial charge >= 0.3 is 0 Å². The van der Waals surface area contributed by atoms with Crippen LogP contribution in [0.2, 0.25) is 0 Å². The Kier molecular flexibility index (Phi) is 4.17. The molecule has 0 saturated carbocycles. The first-order valence-electron chi connectivity index (χ1n) is 5.66. The van der Waals surface area contributed by atoms with Gasteiger partial charge in [0.1, 0.15) is 0 Å². The Balaban J connectivity index is 1.91. The van der Waals surface area contributed by atoms with Crippen LogP contribution in [0.1, 0.15) is 16.1 Å². The highest BCUT2D eigenvalue weighted by Gasteiger charge is 2.03. The van der Waals surface area contributed by atoms with Gasteiger partial charge in [-0.3, -0.25) is 0 Å². The second kappa shape index (κ2) is 5.84. The summed E-state index contributed by atoms with van der Waals surface area (Å²) in [5, 5.41) is 13.0. The number of aromatic nitrogens is 1. The van der Waals surface area contributed by atoms with Crippen molar-refractivity contribution < 1.29 is 9.84 Å². The molecule has 0 saturated heterocycles. The second-order valence-corrected chi connectivity index (χ2v) is 4.91. The summed E-state index contributed by atoms with van der Waals surface area (Å²) in [6.45, 7) is 3.50. The molecule has 96 valence electrons. The Morgan fingerprint density at radius 2 is 2.22 bits per heavy atom. The Labute approximate surface area is 110 Å². The van der Waals surface area contributed by atoms with Crippen molar-refractivity contribution in [3.05, 3.63) is 39.8 Å². The maximum atomic E-state index is 9.66. The number of thiazole rings is 1. The SMILES string of the molecule is COc1ccc(CNCc2scnc2C)cc1O. The second-order valence-electron chi connectivity index (χ2n) is 3.97. The first-order chi connectivity index (χ1) is 8.70. The lowest BCUT2D eigenvalue weighted by Gasteiger charge is -2.07. The predicted molar refractivity (Wildman–Crippen MR) is 72.1 cm³/mol. The van der Waals surface area contributed by atoms with Gasteiger partial charge in [-0.2, -0.15) is 0 Å². The fourth-order valence-corrected chi connectivity index (χ4v) is 2.41. The molecule has 0 unspecified atom stereocenters. The standard InChI is InChI=1S/C13H16N2O2S/c1-9-13(18-8-15-9)7-14-6-10-3-4-12(17-2)11(16)5-10/h3-5,8,14,16H,6-7H2,1-2H3. The van der Waals surface area contributed by atoms with E-state index in [1.165, 1.54) is 4.88 Å². The minimum Gasteiger partial charge on any atom is -0.504 e. The van der Waals surface area contributed by atoms with Crippen molar-refractivity contribution >= 4 is 11.3 Å². The lowest BCUT2D eigenvalue weighted by Crippen LogP contribution is -2.12. The van der Waals surface area contributed by atoms with Gasteiger partial charge in [0.2, 0.25) is 0 Å². The van der Waals surface area contributed by atoms with Gasteiger partial charge in [0.25, 0.3) is 0 Å². The van der Waals surface area contributed by atoms with Gasteiger partial charge < -0.3 is 15.2 Å². The number of phenolic OH excluding ortho intramolecular Hbond substituents is 1. The first kappa shape index (κ1) is 12.9. The molecule has 2 N–H and O–H groups in total. The van der Waals surface area contributed by atoms with Crippen molar-refractivity contribution in [2.24, 2.45) is 0 Å². The molecular formula is C13H16N2O2S. The van der Waals surface area contributed by atoms with E-state index in [1.807, 2.05) is 18.5 Å². The molecule has 5 heteroatoms. The van der Waals surface area contributed by atoms with Crippen LogP contribution in [0.5, 0.6) is 11.5 Å². The largest absolute Gasteiger partial charge is 0.504 e. The number of nitrogens with one attached hydrogen (secondary N) is 1. The van der Waals surface area contributed by atoms with E-state index in [1.54, 1.807) is 30.6 Å². The van der Waals surface area contributed by atoms with Gasteiger partial charge in [0.15, 0.2) is 11.5 Å². The number of hydrogen-bond donors (Lipinski definition) is 2. The Hall–Kier alpha value is -1.59. The van der Waals surface area contributed by atoms with E-state index in [2.05, 4.69) is 10.3 Å². The zero-order chi connectivity index (χ0) is 13.0. The number of benzene rings is 1. The number of ether oxygens (including phenoxy) is 1. The topological polar surface area (TPSA) is 54.4 Å². The number of nitrogens with zero attached hydrogens (tertiary/aromatic N) is 1. The zero-order valence-electron chi connectivity index (χ0n) is 10.4. The number of methoxy groups -OCH3 is 1. The Morgan fingerprint density at radius 3 is 2.83 bits per heavy atom. The summed E-state index contributed by atoms with van der Waals surface area (Å²) in [5.74, 6) is 0.669. The van der Waals surface area contributed by atoms with Gasteiger partial charge in [-0.1, -0.05) is 6.07 Å². The third kappa shape index (κ3) is 3.00. The fourth-order valence-electron chi connectivity index (χ4n) is 1.66. The summed E-state index contributed by atoms with van der Waals surface area (Å²) >= 11 is 1.65. The van der Waals surface area contributed by atoms with E-state index in [0.717, 1.165) is 17.8 Å². The molecule has 0 aliphatic carbocycles. The number of aryl methyl sites for hydroxylation is 1. The summed E-state index contributed by atoms with van der Waals surface area (Å²) in [4.78, 5) is 5.44. The fraction of sp³-hybridized carbons (Fsp3) is 0.308. The van der Waals surface area contributed by atoms with Gasteiger partial charge in [0.05, 0.1) is 18.3 Å². The molecule has 2 rings (SSSR count). The summed E-state index contributed by atoms with van der Waals surface area (Å²) in [6.07, 6.45) is 0. The van der Waals surface area contributed by atoms with Crippen molar-refractivity contribution in [3.8, 4) is 11.5 Å². The van der Waals surface area contributed by atoms with E-state index in [9.17, 15) is 5.11 Å². The molecule has 1 aromatic heterocycles. The molecule has 0 spiro atoms. The number of aromatic hydroxyl groups is 1. The molecule has 0 atom stereocenters. The van der Waals surface area contributed by atoms with Crippen LogP contribution in [0.25, 0.3) is 0 Å². The minimum absolute atomic E-state index is 0.172. The highest BCUT2D eigenvalue weighted by molar-refractivity contribution is 7.09. The molecule has 18 heavy (non-hydrogen) atoms. The maximum Gasteiger partial charge on any atom is 0.160 e. The van der Waals surface area contributed by atoms with E-state index < -0.39 is 0 Å². The average molecular weight is 264 g/mol. The molecule has 1 heterocycles. The Bertz CT molecular complexity index is 525. The molecule has 0 bridgehead atoms. The quantitative estimate of drug-likeness (QED) is 0.871. The van der Waals surface area contributed by atoms with Crippen molar-refractivity contribution in [1.29, 1.82) is 0 Å². The van der Waals surface area contributed by atoms with Gasteiger partial charge in [0, 0.05) is 18.0 Å². The monoisotopic (exact) mass is 264 g/mol. The maximum absolute atomic E-state index is 9.66. The molecule has 4 nitrogen and oxygen atoms in total. The summed E-state index contributed by atoms with van der Waals surface area (Å²) in [5.41, 5.74) is 3.95. The third-order valence-electron chi connectivity index (χ3n) is 2.70. The van der Waals surface area contributed by atoms with E-state index in [4.69, 9.17) is 4.74 Å². The molecule has 2 aromatic rings. The zero-order valence-corrected chi connectivity index (χ0v) is 11.3. The highest BCUT2D eigenvalue weighted by Crippen LogP contribution is 2.26. The predicted octanol–water partition coefficient (Wildman–Crippen LogP) is 2.46. The van der Waals surface area contributed by atoms with Gasteiger partial charge in [-0.25, -0.2) is 4.98 Å². The summed E-state index contributed by atoms with van der Waals surface area (Å²) in [6, 6.07) is 5.42. The van der Waals surface area contributed by atoms with Crippen molar-refractivity contribution in [1.82, 2.24) is 10.3 Å². The normalized spacial score (nSPS) is 10.6. The minimum atomic E-state index is 0.172. The molecule has 0 amide bonds. The van der Waals surface area contributed by atoms with E-state index in [0.29, 0.717) is 12.3 Å². The van der Waals surface area contributed by atoms with Crippen LogP contribution in [-0.4, -0.2) is 17.2 Å². The van der Waals surface area contributed by atoms with Gasteiger partial charge in [-0.05, 0) is 24.6 Å². The summed E-state index contributed by atoms with van der Waals surface area (Å²) < 4.78 is 5.00. The van der Waals surface area contributed by atoms with E-state index >= 15 is 0 Å². The molecule has 0 aliphatic rings. The number of rotatable bonds is 5. The molecule has 0 radical (unpaired) electrons. The van der Waals surface area contributed by atoms with Crippen LogP contribution >= 0.6 is 11.3 Å². The third-order valence-corrected chi connectivity index (χ3v) is 3.64. The molecular weight excluding hydrogens is 248 g/mol. The summed E-state index contributed by atoms with van der Waals surface area (Å²) in [7, 11) is 1.54. The number of hydrogen-bond acceptors (Lipinski definition) is 5. The number of phenols is 1. The smallest absolute Gasteiger partial charge is 0.160 e. The van der Waals surface area contributed by atoms with Crippen molar-refractivity contribution in [2.75, 3.05) is 7.11 Å². The van der Waals surface area contributed by atoms with Crippen LogP contribution in [0.15, 0.2) is 23.7 Å². The van der Waals surface area contributed by atoms with Crippen LogP contribution in [-0.2, 0) is 13.1 Å². The molecule has 0 fully saturated rings. The lowest BCUT2D eigenvalue weighted by atomic mass is 10.2. The average Bonchev–Trinajstić information content (AvgIpc) is 2.75. The molecule has 0 aliphatic heterocycles. The van der Waals surface area contributed by atoms with Crippen molar-refractivity contribution in [2.45, 2.75) is 20.0 Å². The first-order valence-corrected chi connectivity index (χ1v) is 6.54. The lowest BCUT2D eigenvalue weighted by molar-refractivity contribution is 0.373. The van der Waals surface area contributed by atoms with Crippen LogP contribution in [0.3, 0.4) is 0 Å². The van der Waals surface area contributed by atoms with Crippen LogP contribution < -0.4 is 10.1 Å². The van der Waals surface area contributed by atoms with Crippen molar-refractivity contribution in [3.63, 3.8) is 0 Å². The van der Waals surface area contributed by atoms with Crippen LogP contribution in [0, 0.1) is 6.92 Å². The van der Waals surface area contributed by atoms with Crippen LogP contribution in [0.4, 0.5) is 0 Å². The Morgan fingerprint density at radius 1 is 1.39 bits per heavy atom. The van der Waals surface area contributed by atoms with Gasteiger partial charge in [-0.15, -0.1) is 11.3 Å². The van der Waals surface area contributed by atoms with E-state index in [-0.39, 0.29) is 5.75 Å². The highest BCUT2D eigenvalue weighted by atomic mass is 32.1.